The summed E-state index contributed by atoms with van der Waals surface area (Å²) in [5, 5.41) is 13.6. The van der Waals surface area contributed by atoms with Crippen LogP contribution in [0.15, 0.2) is 11.6 Å². The van der Waals surface area contributed by atoms with Crippen molar-refractivity contribution in [2.45, 2.75) is 111 Å². The quantitative estimate of drug-likeness (QED) is 0.439. The van der Waals surface area contributed by atoms with Crippen molar-refractivity contribution in [3.63, 3.8) is 0 Å². The van der Waals surface area contributed by atoms with Gasteiger partial charge >= 0.3 is 6.03 Å². The number of ether oxygens (including phenoxy) is 1. The molecule has 4 saturated carbocycles. The number of urea groups is 1. The van der Waals surface area contributed by atoms with Crippen LogP contribution in [0.3, 0.4) is 0 Å². The Morgan fingerprint density at radius 2 is 1.68 bits per heavy atom. The number of carbonyl (C=O) groups excluding carboxylic acids is 3. The number of ketones is 2. The van der Waals surface area contributed by atoms with Crippen molar-refractivity contribution in [2.75, 3.05) is 14.1 Å². The third-order valence-corrected chi connectivity index (χ3v) is 13.5. The van der Waals surface area contributed by atoms with Crippen molar-refractivity contribution in [2.24, 2.45) is 44.8 Å². The first-order valence-corrected chi connectivity index (χ1v) is 15.3. The number of epoxide rings is 1. The Labute approximate surface area is 239 Å². The first-order chi connectivity index (χ1) is 18.4. The van der Waals surface area contributed by atoms with E-state index in [1.807, 2.05) is 19.9 Å². The normalized spacial score (nSPS) is 49.5. The van der Waals surface area contributed by atoms with Crippen LogP contribution in [0.4, 0.5) is 4.79 Å². The van der Waals surface area contributed by atoms with Gasteiger partial charge in [0.2, 0.25) is 5.60 Å². The lowest BCUT2D eigenvalue weighted by Crippen LogP contribution is -2.71. The second kappa shape index (κ2) is 7.79. The van der Waals surface area contributed by atoms with Crippen LogP contribution in [-0.2, 0) is 14.3 Å². The molecule has 1 saturated heterocycles. The average Bonchev–Trinajstić information content (AvgIpc) is 3.62. The molecule has 0 aromatic rings. The zero-order valence-electron chi connectivity index (χ0n) is 25.9. The Morgan fingerprint density at radius 1 is 1.02 bits per heavy atom. The van der Waals surface area contributed by atoms with Crippen LogP contribution in [0.5, 0.6) is 0 Å². The number of nitrogens with one attached hydrogen (secondary N) is 1. The summed E-state index contributed by atoms with van der Waals surface area (Å²) < 4.78 is 6.11. The van der Waals surface area contributed by atoms with Crippen LogP contribution < -0.4 is 5.32 Å². The van der Waals surface area contributed by atoms with Gasteiger partial charge in [-0.2, -0.15) is 5.26 Å². The Morgan fingerprint density at radius 3 is 2.30 bits per heavy atom. The predicted molar refractivity (Wildman–Crippen MR) is 151 cm³/mol. The van der Waals surface area contributed by atoms with Gasteiger partial charge in [-0.05, 0) is 79.1 Å². The van der Waals surface area contributed by atoms with E-state index in [1.165, 1.54) is 0 Å². The number of carbonyl (C=O) groups is 3. The van der Waals surface area contributed by atoms with E-state index in [2.05, 4.69) is 46.0 Å². The first kappa shape index (κ1) is 27.9. The number of Topliss-reactive ketones (excluding diaryl/α,β-unsaturated/α-hetero) is 1. The molecule has 6 rings (SSSR count). The monoisotopic (exact) mass is 549 g/mol. The van der Waals surface area contributed by atoms with Gasteiger partial charge in [-0.15, -0.1) is 0 Å². The molecule has 6 aliphatic rings. The molecular formula is C33H47N3O4. The van der Waals surface area contributed by atoms with Crippen molar-refractivity contribution in [3.05, 3.63) is 11.6 Å². The van der Waals surface area contributed by atoms with Crippen LogP contribution in [0, 0.1) is 56.2 Å². The minimum Gasteiger partial charge on any atom is -0.342 e. The molecule has 0 aromatic heterocycles. The SMILES string of the molecule is CN(C)C(=O)N[C@]12CCC(C)(C)C[C@@H]1C1C(=O)C=C3[C@@]4(C)[C@H]5O[C@@]5(C#N)C(=O)C(C)(C)[C@@H]4CC[C@@]3(C)[C@]1(C)CC2. The van der Waals surface area contributed by atoms with E-state index in [4.69, 9.17) is 4.74 Å². The van der Waals surface area contributed by atoms with E-state index < -0.39 is 28.1 Å². The number of hydrogen-bond donors (Lipinski definition) is 1. The predicted octanol–water partition coefficient (Wildman–Crippen LogP) is 5.44. The molecule has 1 unspecified atom stereocenters. The van der Waals surface area contributed by atoms with Gasteiger partial charge in [-0.1, -0.05) is 54.0 Å². The summed E-state index contributed by atoms with van der Waals surface area (Å²) >= 11 is 0. The molecule has 0 radical (unpaired) electrons. The smallest absolute Gasteiger partial charge is 0.317 e. The van der Waals surface area contributed by atoms with Gasteiger partial charge in [0.1, 0.15) is 12.2 Å². The minimum atomic E-state index is -1.40. The molecule has 0 spiro atoms. The fourth-order valence-corrected chi connectivity index (χ4v) is 11.0. The van der Waals surface area contributed by atoms with Crippen LogP contribution in [0.1, 0.15) is 93.4 Å². The lowest BCUT2D eigenvalue weighted by Gasteiger charge is -2.69. The van der Waals surface area contributed by atoms with Crippen molar-refractivity contribution in [3.8, 4) is 6.07 Å². The molecule has 7 heteroatoms. The molecule has 0 aromatic carbocycles. The second-order valence-corrected chi connectivity index (χ2v) is 16.4. The topological polar surface area (TPSA) is 103 Å². The highest BCUT2D eigenvalue weighted by Gasteiger charge is 2.82. The fraction of sp³-hybridized carbons (Fsp3) is 0.818. The summed E-state index contributed by atoms with van der Waals surface area (Å²) in [5.74, 6) is -0.0958. The van der Waals surface area contributed by atoms with E-state index in [0.29, 0.717) is 0 Å². The van der Waals surface area contributed by atoms with Gasteiger partial charge in [0.25, 0.3) is 0 Å². The molecule has 1 aliphatic heterocycles. The van der Waals surface area contributed by atoms with Crippen LogP contribution in [0.2, 0.25) is 0 Å². The molecule has 1 N–H and O–H groups in total. The lowest BCUT2D eigenvalue weighted by molar-refractivity contribution is -0.165. The number of rotatable bonds is 1. The molecular weight excluding hydrogens is 502 g/mol. The molecule has 2 amide bonds. The van der Waals surface area contributed by atoms with Gasteiger partial charge in [-0.25, -0.2) is 4.79 Å². The Kier molecular flexibility index (Phi) is 5.44. The highest BCUT2D eigenvalue weighted by atomic mass is 16.6. The second-order valence-electron chi connectivity index (χ2n) is 16.4. The third-order valence-electron chi connectivity index (χ3n) is 13.5. The van der Waals surface area contributed by atoms with Crippen LogP contribution in [-0.4, -0.2) is 53.8 Å². The third kappa shape index (κ3) is 3.07. The standard InChI is InChI=1S/C33H47N3O4/c1-27(2)12-14-32(35-26(39)36(8)9)15-13-30(6)23(19(32)17-27)20(37)16-22-29(30,5)11-10-21-28(3,4)24(38)33(18-34)25(40-33)31(21,22)7/h16,19,21,23,25H,10-15,17H2,1-9H3,(H,35,39)/t19-,21+,23?,25-,29-,30-,31+,32+,33+/m1/s1. The molecule has 7 nitrogen and oxygen atoms in total. The maximum Gasteiger partial charge on any atom is 0.317 e. The number of hydrogen-bond acceptors (Lipinski definition) is 5. The maximum absolute atomic E-state index is 14.6. The number of fused-ring (bicyclic) bond motifs is 9. The summed E-state index contributed by atoms with van der Waals surface area (Å²) in [4.78, 5) is 42.8. The maximum atomic E-state index is 14.6. The summed E-state index contributed by atoms with van der Waals surface area (Å²) in [6.45, 7) is 15.4. The molecule has 40 heavy (non-hydrogen) atoms. The summed E-state index contributed by atoms with van der Waals surface area (Å²) in [7, 11) is 3.55. The van der Waals surface area contributed by atoms with Crippen molar-refractivity contribution >= 4 is 17.6 Å². The molecule has 9 atom stereocenters. The summed E-state index contributed by atoms with van der Waals surface area (Å²) in [6, 6.07) is 2.17. The molecule has 5 aliphatic carbocycles. The van der Waals surface area contributed by atoms with Gasteiger partial charge in [0.05, 0.1) is 0 Å². The fourth-order valence-electron chi connectivity index (χ4n) is 11.0. The van der Waals surface area contributed by atoms with E-state index in [0.717, 1.165) is 50.5 Å². The van der Waals surface area contributed by atoms with Crippen LogP contribution >= 0.6 is 0 Å². The Bertz CT molecular complexity index is 1290. The lowest BCUT2D eigenvalue weighted by atomic mass is 9.34. The largest absolute Gasteiger partial charge is 0.342 e. The van der Waals surface area contributed by atoms with Gasteiger partial charge in [0, 0.05) is 36.4 Å². The van der Waals surface area contributed by atoms with E-state index in [1.54, 1.807) is 19.0 Å². The zero-order chi connectivity index (χ0) is 29.5. The van der Waals surface area contributed by atoms with Crippen LogP contribution in [0.25, 0.3) is 0 Å². The Hall–Kier alpha value is -2.20. The Balaban J connectivity index is 1.49. The highest BCUT2D eigenvalue weighted by molar-refractivity contribution is 6.01. The van der Waals surface area contributed by atoms with E-state index in [9.17, 15) is 19.6 Å². The number of amides is 2. The van der Waals surface area contributed by atoms with E-state index in [-0.39, 0.29) is 51.6 Å². The summed E-state index contributed by atoms with van der Waals surface area (Å²) in [6.07, 6.45) is 7.68. The summed E-state index contributed by atoms with van der Waals surface area (Å²) in [5.41, 5.74) is -2.47. The molecule has 0 bridgehead atoms. The molecule has 5 fully saturated rings. The molecule has 218 valence electrons. The van der Waals surface area contributed by atoms with Gasteiger partial charge in [0.15, 0.2) is 11.6 Å². The number of nitrogens with zero attached hydrogens (tertiary/aromatic N) is 2. The van der Waals surface area contributed by atoms with Crippen molar-refractivity contribution in [1.29, 1.82) is 5.26 Å². The van der Waals surface area contributed by atoms with Gasteiger partial charge < -0.3 is 15.0 Å². The van der Waals surface area contributed by atoms with Crippen molar-refractivity contribution in [1.82, 2.24) is 10.2 Å². The van der Waals surface area contributed by atoms with Crippen molar-refractivity contribution < 1.29 is 19.1 Å². The first-order valence-electron chi connectivity index (χ1n) is 15.3. The average molecular weight is 550 g/mol. The number of nitriles is 1. The zero-order valence-corrected chi connectivity index (χ0v) is 25.9. The highest BCUT2D eigenvalue weighted by Crippen LogP contribution is 2.77. The number of allylic oxidation sites excluding steroid dienone is 1. The minimum absolute atomic E-state index is 0.00410. The molecule has 1 heterocycles. The van der Waals surface area contributed by atoms with E-state index >= 15 is 0 Å². The van der Waals surface area contributed by atoms with Gasteiger partial charge in [-0.3, -0.25) is 9.59 Å².